The molecule has 0 saturated heterocycles. The minimum atomic E-state index is 0.729. The first-order valence-electron chi connectivity index (χ1n) is 6.37. The molecule has 20 heavy (non-hydrogen) atoms. The molecular formula is C16H14ClN3. The average molecular weight is 284 g/mol. The number of aromatic nitrogens is 3. The zero-order valence-corrected chi connectivity index (χ0v) is 12.1. The van der Waals surface area contributed by atoms with Gasteiger partial charge in [-0.3, -0.25) is 9.67 Å². The van der Waals surface area contributed by atoms with Gasteiger partial charge in [0.1, 0.15) is 5.69 Å². The first-order chi connectivity index (χ1) is 9.66. The van der Waals surface area contributed by atoms with Crippen molar-refractivity contribution in [2.75, 3.05) is 0 Å². The number of aryl methyl sites for hydroxylation is 1. The van der Waals surface area contributed by atoms with Crippen molar-refractivity contribution >= 4 is 11.6 Å². The molecule has 0 saturated carbocycles. The van der Waals surface area contributed by atoms with Gasteiger partial charge < -0.3 is 0 Å². The molecule has 0 aliphatic carbocycles. The third-order valence-corrected chi connectivity index (χ3v) is 3.67. The van der Waals surface area contributed by atoms with Gasteiger partial charge in [-0.25, -0.2) is 0 Å². The largest absolute Gasteiger partial charge is 0.272 e. The highest BCUT2D eigenvalue weighted by Crippen LogP contribution is 2.33. The lowest BCUT2D eigenvalue weighted by atomic mass is 10.0. The van der Waals surface area contributed by atoms with Gasteiger partial charge in [-0.15, -0.1) is 0 Å². The van der Waals surface area contributed by atoms with Crippen molar-refractivity contribution in [3.63, 3.8) is 0 Å². The van der Waals surface area contributed by atoms with E-state index in [0.717, 1.165) is 33.1 Å². The number of benzene rings is 1. The maximum absolute atomic E-state index is 5.96. The molecule has 3 aromatic rings. The summed E-state index contributed by atoms with van der Waals surface area (Å²) in [6.07, 6.45) is 3.60. The molecule has 3 nitrogen and oxygen atoms in total. The monoisotopic (exact) mass is 283 g/mol. The number of hydrogen-bond acceptors (Lipinski definition) is 2. The van der Waals surface area contributed by atoms with Crippen LogP contribution in [0.1, 0.15) is 5.69 Å². The second-order valence-electron chi connectivity index (χ2n) is 4.68. The molecule has 0 aliphatic rings. The van der Waals surface area contributed by atoms with E-state index in [9.17, 15) is 0 Å². The Kier molecular flexibility index (Phi) is 3.28. The molecule has 3 rings (SSSR count). The SMILES string of the molecule is Cc1c(-c2ccncc2)c(-c2ccc(Cl)cc2)nn1C. The Labute approximate surface area is 122 Å². The predicted molar refractivity (Wildman–Crippen MR) is 81.6 cm³/mol. The number of hydrogen-bond donors (Lipinski definition) is 0. The van der Waals surface area contributed by atoms with Crippen LogP contribution in [0.2, 0.25) is 5.02 Å². The molecule has 0 N–H and O–H groups in total. The molecule has 0 spiro atoms. The number of halogens is 1. The molecule has 0 bridgehead atoms. The van der Waals surface area contributed by atoms with Gasteiger partial charge in [0, 0.05) is 41.3 Å². The molecule has 0 atom stereocenters. The Morgan fingerprint density at radius 3 is 2.25 bits per heavy atom. The molecule has 0 aliphatic heterocycles. The molecule has 0 fully saturated rings. The summed E-state index contributed by atoms with van der Waals surface area (Å²) in [5.74, 6) is 0. The fraction of sp³-hybridized carbons (Fsp3) is 0.125. The van der Waals surface area contributed by atoms with Crippen LogP contribution in [0.15, 0.2) is 48.8 Å². The van der Waals surface area contributed by atoms with E-state index in [2.05, 4.69) is 17.0 Å². The van der Waals surface area contributed by atoms with E-state index in [0.29, 0.717) is 0 Å². The summed E-state index contributed by atoms with van der Waals surface area (Å²) >= 11 is 5.96. The van der Waals surface area contributed by atoms with E-state index in [1.54, 1.807) is 12.4 Å². The smallest absolute Gasteiger partial charge is 0.100 e. The number of rotatable bonds is 2. The van der Waals surface area contributed by atoms with Crippen molar-refractivity contribution in [2.45, 2.75) is 6.92 Å². The maximum Gasteiger partial charge on any atom is 0.100 e. The molecule has 4 heteroatoms. The van der Waals surface area contributed by atoms with Crippen LogP contribution in [0.5, 0.6) is 0 Å². The summed E-state index contributed by atoms with van der Waals surface area (Å²) < 4.78 is 1.90. The summed E-state index contributed by atoms with van der Waals surface area (Å²) in [5, 5.41) is 5.37. The fourth-order valence-electron chi connectivity index (χ4n) is 2.28. The first kappa shape index (κ1) is 12.9. The van der Waals surface area contributed by atoms with E-state index in [1.165, 1.54) is 0 Å². The van der Waals surface area contributed by atoms with E-state index in [4.69, 9.17) is 11.6 Å². The van der Waals surface area contributed by atoms with Crippen molar-refractivity contribution in [1.29, 1.82) is 0 Å². The number of nitrogens with zero attached hydrogens (tertiary/aromatic N) is 3. The van der Waals surface area contributed by atoms with Crippen LogP contribution >= 0.6 is 11.6 Å². The zero-order valence-electron chi connectivity index (χ0n) is 11.3. The highest BCUT2D eigenvalue weighted by atomic mass is 35.5. The minimum Gasteiger partial charge on any atom is -0.272 e. The van der Waals surface area contributed by atoms with Gasteiger partial charge in [-0.2, -0.15) is 5.10 Å². The molecular weight excluding hydrogens is 270 g/mol. The zero-order chi connectivity index (χ0) is 14.1. The van der Waals surface area contributed by atoms with Crippen molar-refractivity contribution in [3.8, 4) is 22.4 Å². The summed E-state index contributed by atoms with van der Waals surface area (Å²) in [6.45, 7) is 2.07. The highest BCUT2D eigenvalue weighted by molar-refractivity contribution is 6.30. The summed E-state index contributed by atoms with van der Waals surface area (Å²) in [4.78, 5) is 4.08. The van der Waals surface area contributed by atoms with Gasteiger partial charge in [0.2, 0.25) is 0 Å². The second kappa shape index (κ2) is 5.10. The van der Waals surface area contributed by atoms with Gasteiger partial charge in [-0.1, -0.05) is 23.7 Å². The molecule has 100 valence electrons. The van der Waals surface area contributed by atoms with Crippen LogP contribution in [0.3, 0.4) is 0 Å². The third-order valence-electron chi connectivity index (χ3n) is 3.42. The lowest BCUT2D eigenvalue weighted by molar-refractivity contribution is 0.743. The van der Waals surface area contributed by atoms with Crippen LogP contribution in [0.4, 0.5) is 0 Å². The van der Waals surface area contributed by atoms with E-state index < -0.39 is 0 Å². The van der Waals surface area contributed by atoms with E-state index >= 15 is 0 Å². The third kappa shape index (κ3) is 2.21. The maximum atomic E-state index is 5.96. The first-order valence-corrected chi connectivity index (χ1v) is 6.74. The standard InChI is InChI=1S/C16H14ClN3/c1-11-15(12-7-9-18-10-8-12)16(19-20(11)2)13-3-5-14(17)6-4-13/h3-10H,1-2H3. The Bertz CT molecular complexity index is 730. The van der Waals surface area contributed by atoms with Crippen molar-refractivity contribution < 1.29 is 0 Å². The Balaban J connectivity index is 2.22. The van der Waals surface area contributed by atoms with Crippen LogP contribution in [0, 0.1) is 6.92 Å². The highest BCUT2D eigenvalue weighted by Gasteiger charge is 2.16. The minimum absolute atomic E-state index is 0.729. The second-order valence-corrected chi connectivity index (χ2v) is 5.11. The topological polar surface area (TPSA) is 30.7 Å². The molecule has 0 unspecified atom stereocenters. The lowest BCUT2D eigenvalue weighted by Gasteiger charge is -2.04. The van der Waals surface area contributed by atoms with Crippen LogP contribution in [-0.4, -0.2) is 14.8 Å². The molecule has 2 heterocycles. The van der Waals surface area contributed by atoms with Gasteiger partial charge in [0.15, 0.2) is 0 Å². The van der Waals surface area contributed by atoms with Crippen molar-refractivity contribution in [1.82, 2.24) is 14.8 Å². The van der Waals surface area contributed by atoms with Crippen molar-refractivity contribution in [3.05, 3.63) is 59.5 Å². The van der Waals surface area contributed by atoms with Crippen molar-refractivity contribution in [2.24, 2.45) is 7.05 Å². The summed E-state index contributed by atoms with van der Waals surface area (Å²) in [7, 11) is 1.96. The van der Waals surface area contributed by atoms with Gasteiger partial charge >= 0.3 is 0 Å². The molecule has 2 aromatic heterocycles. The van der Waals surface area contributed by atoms with Crippen LogP contribution < -0.4 is 0 Å². The summed E-state index contributed by atoms with van der Waals surface area (Å²) in [6, 6.07) is 11.8. The van der Waals surface area contributed by atoms with E-state index in [-0.39, 0.29) is 0 Å². The molecule has 1 aromatic carbocycles. The fourth-order valence-corrected chi connectivity index (χ4v) is 2.41. The van der Waals surface area contributed by atoms with Gasteiger partial charge in [-0.05, 0) is 36.8 Å². The van der Waals surface area contributed by atoms with Gasteiger partial charge in [0.25, 0.3) is 0 Å². The van der Waals surface area contributed by atoms with Crippen LogP contribution in [-0.2, 0) is 7.05 Å². The predicted octanol–water partition coefficient (Wildman–Crippen LogP) is 4.11. The van der Waals surface area contributed by atoms with Gasteiger partial charge in [0.05, 0.1) is 0 Å². The average Bonchev–Trinajstić information content (AvgIpc) is 2.77. The van der Waals surface area contributed by atoms with E-state index in [1.807, 2.05) is 48.1 Å². The van der Waals surface area contributed by atoms with Crippen LogP contribution in [0.25, 0.3) is 22.4 Å². The Hall–Kier alpha value is -2.13. The molecule has 0 amide bonds. The lowest BCUT2D eigenvalue weighted by Crippen LogP contribution is -1.92. The Morgan fingerprint density at radius 2 is 1.60 bits per heavy atom. The normalized spacial score (nSPS) is 10.8. The quantitative estimate of drug-likeness (QED) is 0.708. The summed E-state index contributed by atoms with van der Waals surface area (Å²) in [5.41, 5.74) is 5.41. The number of pyridine rings is 1. The Morgan fingerprint density at radius 1 is 0.950 bits per heavy atom. The molecule has 0 radical (unpaired) electrons.